The lowest BCUT2D eigenvalue weighted by Gasteiger charge is -2.18. The molecular formula is C26H18N2O7. The summed E-state index contributed by atoms with van der Waals surface area (Å²) in [5, 5.41) is 13.6. The van der Waals surface area contributed by atoms with Crippen LogP contribution in [0.15, 0.2) is 102 Å². The monoisotopic (exact) mass is 470 g/mol. The summed E-state index contributed by atoms with van der Waals surface area (Å²) >= 11 is 0. The van der Waals surface area contributed by atoms with Crippen LogP contribution < -0.4 is 5.32 Å². The van der Waals surface area contributed by atoms with Crippen molar-refractivity contribution in [1.29, 1.82) is 0 Å². The number of nitrogens with zero attached hydrogens (tertiary/aromatic N) is 1. The number of rotatable bonds is 8. The Morgan fingerprint density at radius 3 is 2.20 bits per heavy atom. The fraction of sp³-hybridized carbons (Fsp3) is 0.0385. The molecule has 174 valence electrons. The number of hydrogen-bond acceptors (Lipinski definition) is 7. The minimum absolute atomic E-state index is 0.0141. The third-order valence-electron chi connectivity index (χ3n) is 5.07. The molecule has 0 radical (unpaired) electrons. The Balaban J connectivity index is 1.64. The third-order valence-corrected chi connectivity index (χ3v) is 5.07. The standard InChI is InChI=1S/C26H18N2O7/c29-23(17-7-2-1-3-8-17)24(18-12-14-19(15-13-18)28(32)33)35-26(31)20-9-4-5-10-21(20)27-25(30)22-11-6-16-34-22/h1-16,24H,(H,27,30). The summed E-state index contributed by atoms with van der Waals surface area (Å²) in [6.45, 7) is 0. The predicted octanol–water partition coefficient (Wildman–Crippen LogP) is 5.22. The summed E-state index contributed by atoms with van der Waals surface area (Å²) < 4.78 is 10.7. The van der Waals surface area contributed by atoms with Crippen molar-refractivity contribution < 1.29 is 28.5 Å². The molecule has 0 aliphatic carbocycles. The fourth-order valence-electron chi connectivity index (χ4n) is 3.33. The number of nitro groups is 1. The van der Waals surface area contributed by atoms with Crippen molar-refractivity contribution in [3.63, 3.8) is 0 Å². The molecule has 9 nitrogen and oxygen atoms in total. The molecule has 0 bridgehead atoms. The molecule has 0 saturated carbocycles. The molecule has 1 heterocycles. The van der Waals surface area contributed by atoms with Crippen LogP contribution in [0.1, 0.15) is 42.9 Å². The van der Waals surface area contributed by atoms with Crippen LogP contribution in [0.2, 0.25) is 0 Å². The number of Topliss-reactive ketones (excluding diaryl/α,β-unsaturated/α-hetero) is 1. The zero-order chi connectivity index (χ0) is 24.8. The van der Waals surface area contributed by atoms with E-state index in [1.165, 1.54) is 48.7 Å². The van der Waals surface area contributed by atoms with Gasteiger partial charge in [0.1, 0.15) is 0 Å². The van der Waals surface area contributed by atoms with Crippen LogP contribution in [0.5, 0.6) is 0 Å². The molecule has 0 aliphatic heterocycles. The first kappa shape index (κ1) is 23.1. The zero-order valence-corrected chi connectivity index (χ0v) is 18.1. The molecule has 0 saturated heterocycles. The number of para-hydroxylation sites is 1. The molecule has 3 aromatic carbocycles. The van der Waals surface area contributed by atoms with Gasteiger partial charge in [-0.2, -0.15) is 0 Å². The van der Waals surface area contributed by atoms with Gasteiger partial charge in [-0.15, -0.1) is 0 Å². The van der Waals surface area contributed by atoms with Crippen LogP contribution >= 0.6 is 0 Å². The molecular weight excluding hydrogens is 452 g/mol. The van der Waals surface area contributed by atoms with Crippen LogP contribution in [0.25, 0.3) is 0 Å². The van der Waals surface area contributed by atoms with Gasteiger partial charge in [-0.3, -0.25) is 19.7 Å². The van der Waals surface area contributed by atoms with Gasteiger partial charge < -0.3 is 14.5 Å². The van der Waals surface area contributed by atoms with Crippen molar-refractivity contribution in [2.24, 2.45) is 0 Å². The minimum atomic E-state index is -1.38. The van der Waals surface area contributed by atoms with E-state index in [-0.39, 0.29) is 28.3 Å². The van der Waals surface area contributed by atoms with E-state index in [4.69, 9.17) is 9.15 Å². The molecule has 0 fully saturated rings. The summed E-state index contributed by atoms with van der Waals surface area (Å²) in [6.07, 6.45) is -0.0291. The number of non-ortho nitro benzene ring substituents is 1. The Morgan fingerprint density at radius 1 is 0.857 bits per heavy atom. The van der Waals surface area contributed by atoms with Crippen LogP contribution in [0.4, 0.5) is 11.4 Å². The number of furan rings is 1. The zero-order valence-electron chi connectivity index (χ0n) is 18.1. The van der Waals surface area contributed by atoms with Gasteiger partial charge in [0.2, 0.25) is 5.78 Å². The van der Waals surface area contributed by atoms with Crippen molar-refractivity contribution in [3.05, 3.63) is 130 Å². The van der Waals surface area contributed by atoms with Crippen molar-refractivity contribution >= 4 is 29.0 Å². The van der Waals surface area contributed by atoms with Gasteiger partial charge in [-0.1, -0.05) is 42.5 Å². The highest BCUT2D eigenvalue weighted by molar-refractivity contribution is 6.07. The molecule has 0 spiro atoms. The molecule has 1 aromatic heterocycles. The Labute approximate surface area is 199 Å². The summed E-state index contributed by atoms with van der Waals surface area (Å²) in [6, 6.07) is 22.6. The van der Waals surface area contributed by atoms with Crippen LogP contribution in [-0.4, -0.2) is 22.6 Å². The number of benzene rings is 3. The van der Waals surface area contributed by atoms with E-state index >= 15 is 0 Å². The summed E-state index contributed by atoms with van der Waals surface area (Å²) in [5.41, 5.74) is 0.559. The first-order valence-corrected chi connectivity index (χ1v) is 10.4. The van der Waals surface area contributed by atoms with Gasteiger partial charge in [0.15, 0.2) is 11.9 Å². The lowest BCUT2D eigenvalue weighted by molar-refractivity contribution is -0.384. The third kappa shape index (κ3) is 5.31. The molecule has 4 aromatic rings. The highest BCUT2D eigenvalue weighted by atomic mass is 16.6. The Hall–Kier alpha value is -5.05. The van der Waals surface area contributed by atoms with Gasteiger partial charge in [0, 0.05) is 23.3 Å². The summed E-state index contributed by atoms with van der Waals surface area (Å²) in [7, 11) is 0. The number of esters is 1. The molecule has 4 rings (SSSR count). The number of amides is 1. The summed E-state index contributed by atoms with van der Waals surface area (Å²) in [4.78, 5) is 49.3. The lowest BCUT2D eigenvalue weighted by Crippen LogP contribution is -2.22. The molecule has 1 atom stereocenters. The van der Waals surface area contributed by atoms with Crippen molar-refractivity contribution in [3.8, 4) is 0 Å². The number of nitrogens with one attached hydrogen (secondary N) is 1. The number of carbonyl (C=O) groups excluding carboxylic acids is 3. The number of ether oxygens (including phenoxy) is 1. The average molecular weight is 470 g/mol. The topological polar surface area (TPSA) is 129 Å². The number of anilines is 1. The van der Waals surface area contributed by atoms with Crippen LogP contribution in [0, 0.1) is 10.1 Å². The van der Waals surface area contributed by atoms with E-state index in [1.807, 2.05) is 0 Å². The lowest BCUT2D eigenvalue weighted by atomic mass is 9.99. The van der Waals surface area contributed by atoms with Gasteiger partial charge in [-0.05, 0) is 36.4 Å². The second kappa shape index (κ2) is 10.3. The van der Waals surface area contributed by atoms with Crippen molar-refractivity contribution in [2.75, 3.05) is 5.32 Å². The second-order valence-electron chi connectivity index (χ2n) is 7.34. The maximum atomic E-state index is 13.3. The maximum Gasteiger partial charge on any atom is 0.341 e. The number of ketones is 1. The molecule has 0 aliphatic rings. The molecule has 1 amide bonds. The molecule has 1 unspecified atom stereocenters. The predicted molar refractivity (Wildman–Crippen MR) is 125 cm³/mol. The van der Waals surface area contributed by atoms with E-state index in [0.717, 1.165) is 0 Å². The average Bonchev–Trinajstić information content (AvgIpc) is 3.43. The number of nitro benzene ring substituents is 1. The normalized spacial score (nSPS) is 11.3. The van der Waals surface area contributed by atoms with Gasteiger partial charge in [0.05, 0.1) is 22.4 Å². The Bertz CT molecular complexity index is 1360. The second-order valence-corrected chi connectivity index (χ2v) is 7.34. The largest absolute Gasteiger partial charge is 0.459 e. The first-order valence-electron chi connectivity index (χ1n) is 10.4. The minimum Gasteiger partial charge on any atom is -0.459 e. The molecule has 1 N–H and O–H groups in total. The Kier molecular flexibility index (Phi) is 6.78. The Morgan fingerprint density at radius 2 is 1.54 bits per heavy atom. The van der Waals surface area contributed by atoms with Crippen LogP contribution in [0.3, 0.4) is 0 Å². The highest BCUT2D eigenvalue weighted by Crippen LogP contribution is 2.27. The van der Waals surface area contributed by atoms with E-state index in [1.54, 1.807) is 48.5 Å². The van der Waals surface area contributed by atoms with Gasteiger partial charge in [-0.25, -0.2) is 4.79 Å². The van der Waals surface area contributed by atoms with E-state index in [9.17, 15) is 24.5 Å². The van der Waals surface area contributed by atoms with Gasteiger partial charge in [0.25, 0.3) is 11.6 Å². The van der Waals surface area contributed by atoms with E-state index in [2.05, 4.69) is 5.32 Å². The SMILES string of the molecule is O=C(Nc1ccccc1C(=O)OC(C(=O)c1ccccc1)c1ccc([N+](=O)[O-])cc1)c1ccco1. The highest BCUT2D eigenvalue weighted by Gasteiger charge is 2.28. The van der Waals surface area contributed by atoms with Gasteiger partial charge >= 0.3 is 5.97 Å². The number of carbonyl (C=O) groups is 3. The maximum absolute atomic E-state index is 13.3. The van der Waals surface area contributed by atoms with E-state index in [0.29, 0.717) is 5.56 Å². The molecule has 9 heteroatoms. The van der Waals surface area contributed by atoms with E-state index < -0.39 is 28.7 Å². The fourth-order valence-corrected chi connectivity index (χ4v) is 3.33. The first-order chi connectivity index (χ1) is 16.9. The summed E-state index contributed by atoms with van der Waals surface area (Å²) in [5.74, 6) is -1.89. The van der Waals surface area contributed by atoms with Crippen molar-refractivity contribution in [1.82, 2.24) is 0 Å². The van der Waals surface area contributed by atoms with Crippen LogP contribution in [-0.2, 0) is 4.74 Å². The van der Waals surface area contributed by atoms with Crippen molar-refractivity contribution in [2.45, 2.75) is 6.10 Å². The number of hydrogen-bond donors (Lipinski definition) is 1. The quantitative estimate of drug-likeness (QED) is 0.162. The molecule has 35 heavy (non-hydrogen) atoms. The smallest absolute Gasteiger partial charge is 0.341 e.